The van der Waals surface area contributed by atoms with Crippen molar-refractivity contribution in [2.45, 2.75) is 19.4 Å². The molecule has 1 aliphatic heterocycles. The molecule has 3 N–H and O–H groups in total. The Kier molecular flexibility index (Phi) is 4.76. The topological polar surface area (TPSA) is 67.6 Å². The highest BCUT2D eigenvalue weighted by Crippen LogP contribution is 2.11. The van der Waals surface area contributed by atoms with Gasteiger partial charge in [0.15, 0.2) is 0 Å². The van der Waals surface area contributed by atoms with E-state index in [4.69, 9.17) is 10.5 Å². The Hall–Kier alpha value is -1.59. The maximum Gasteiger partial charge on any atom is 0.225 e. The summed E-state index contributed by atoms with van der Waals surface area (Å²) in [6, 6.07) is 7.17. The number of carbonyl (C=O) groups is 1. The Labute approximate surface area is 113 Å². The van der Waals surface area contributed by atoms with Crippen molar-refractivity contribution in [3.63, 3.8) is 0 Å². The van der Waals surface area contributed by atoms with E-state index in [1.54, 1.807) is 12.1 Å². The number of amides is 1. The van der Waals surface area contributed by atoms with E-state index in [9.17, 15) is 4.79 Å². The van der Waals surface area contributed by atoms with Gasteiger partial charge in [0, 0.05) is 37.4 Å². The third-order valence-electron chi connectivity index (χ3n) is 3.17. The number of benzene rings is 1. The highest BCUT2D eigenvalue weighted by molar-refractivity contribution is 5.90. The molecule has 0 radical (unpaired) electrons. The van der Waals surface area contributed by atoms with Crippen molar-refractivity contribution in [2.24, 2.45) is 0 Å². The molecule has 1 atom stereocenters. The summed E-state index contributed by atoms with van der Waals surface area (Å²) in [5.74, 6) is 0.0314. The maximum absolute atomic E-state index is 11.8. The summed E-state index contributed by atoms with van der Waals surface area (Å²) < 4.78 is 5.47. The molecule has 0 spiro atoms. The third-order valence-corrected chi connectivity index (χ3v) is 3.17. The first kappa shape index (κ1) is 13.8. The molecule has 1 heterocycles. The molecule has 1 amide bonds. The van der Waals surface area contributed by atoms with Crippen molar-refractivity contribution in [3.8, 4) is 0 Å². The molecule has 0 saturated carbocycles. The number of carbonyl (C=O) groups excluding carboxylic acids is 1. The Bertz CT molecular complexity index is 419. The van der Waals surface area contributed by atoms with Gasteiger partial charge in [-0.15, -0.1) is 0 Å². The lowest BCUT2D eigenvalue weighted by Crippen LogP contribution is -2.42. The summed E-state index contributed by atoms with van der Waals surface area (Å²) in [6.07, 6.45) is 0.755. The largest absolute Gasteiger partial charge is 0.399 e. The standard InChI is InChI=1S/C14H21N3O2/c1-11-10-17(8-9-19-11)7-6-14(18)16-13-4-2-12(15)3-5-13/h2-5,11H,6-10,15H2,1H3,(H,16,18). The van der Waals surface area contributed by atoms with Crippen LogP contribution < -0.4 is 11.1 Å². The Balaban J connectivity index is 1.73. The molecule has 1 fully saturated rings. The minimum atomic E-state index is 0.0314. The van der Waals surface area contributed by atoms with Crippen molar-refractivity contribution in [3.05, 3.63) is 24.3 Å². The lowest BCUT2D eigenvalue weighted by atomic mass is 10.2. The first-order chi connectivity index (χ1) is 9.13. The molecule has 1 aromatic carbocycles. The number of rotatable bonds is 4. The van der Waals surface area contributed by atoms with E-state index < -0.39 is 0 Å². The number of anilines is 2. The maximum atomic E-state index is 11.8. The van der Waals surface area contributed by atoms with Gasteiger partial charge in [-0.1, -0.05) is 0 Å². The number of hydrogen-bond donors (Lipinski definition) is 2. The van der Waals surface area contributed by atoms with Crippen LogP contribution in [-0.2, 0) is 9.53 Å². The van der Waals surface area contributed by atoms with Gasteiger partial charge >= 0.3 is 0 Å². The van der Waals surface area contributed by atoms with Crippen molar-refractivity contribution in [1.82, 2.24) is 4.90 Å². The predicted molar refractivity (Wildman–Crippen MR) is 76.0 cm³/mol. The van der Waals surface area contributed by atoms with E-state index in [0.29, 0.717) is 12.1 Å². The Morgan fingerprint density at radius 3 is 2.89 bits per heavy atom. The zero-order valence-electron chi connectivity index (χ0n) is 11.3. The first-order valence-electron chi connectivity index (χ1n) is 6.63. The summed E-state index contributed by atoms with van der Waals surface area (Å²) in [6.45, 7) is 5.38. The number of nitrogens with one attached hydrogen (secondary N) is 1. The van der Waals surface area contributed by atoms with E-state index in [-0.39, 0.29) is 12.0 Å². The van der Waals surface area contributed by atoms with Gasteiger partial charge in [-0.05, 0) is 31.2 Å². The van der Waals surface area contributed by atoms with Gasteiger partial charge in [0.25, 0.3) is 0 Å². The van der Waals surface area contributed by atoms with Gasteiger partial charge in [-0.3, -0.25) is 9.69 Å². The molecule has 1 unspecified atom stereocenters. The molecule has 1 saturated heterocycles. The van der Waals surface area contributed by atoms with Crippen LogP contribution in [0.2, 0.25) is 0 Å². The van der Waals surface area contributed by atoms with Gasteiger partial charge in [0.2, 0.25) is 5.91 Å². The highest BCUT2D eigenvalue weighted by Gasteiger charge is 2.17. The molecular formula is C14H21N3O2. The van der Waals surface area contributed by atoms with Gasteiger partial charge in [-0.2, -0.15) is 0 Å². The number of nitrogen functional groups attached to an aromatic ring is 1. The van der Waals surface area contributed by atoms with Gasteiger partial charge in [0.05, 0.1) is 12.7 Å². The van der Waals surface area contributed by atoms with E-state index in [1.165, 1.54) is 0 Å². The van der Waals surface area contributed by atoms with Crippen LogP contribution in [0.1, 0.15) is 13.3 Å². The summed E-state index contributed by atoms with van der Waals surface area (Å²) >= 11 is 0. The normalized spacial score (nSPS) is 20.2. The molecule has 1 aromatic rings. The van der Waals surface area contributed by atoms with Crippen LogP contribution in [0, 0.1) is 0 Å². The second kappa shape index (κ2) is 6.54. The second-order valence-electron chi connectivity index (χ2n) is 4.90. The van der Waals surface area contributed by atoms with Gasteiger partial charge in [0.1, 0.15) is 0 Å². The van der Waals surface area contributed by atoms with Crippen molar-refractivity contribution in [1.29, 1.82) is 0 Å². The van der Waals surface area contributed by atoms with E-state index in [0.717, 1.165) is 31.9 Å². The first-order valence-corrected chi connectivity index (χ1v) is 6.63. The van der Waals surface area contributed by atoms with Gasteiger partial charge < -0.3 is 15.8 Å². The fourth-order valence-electron chi connectivity index (χ4n) is 2.14. The zero-order valence-corrected chi connectivity index (χ0v) is 11.3. The Morgan fingerprint density at radius 2 is 2.21 bits per heavy atom. The minimum absolute atomic E-state index is 0.0314. The Morgan fingerprint density at radius 1 is 1.47 bits per heavy atom. The van der Waals surface area contributed by atoms with Crippen LogP contribution >= 0.6 is 0 Å². The third kappa shape index (κ3) is 4.54. The van der Waals surface area contributed by atoms with Crippen LogP contribution in [0.5, 0.6) is 0 Å². The van der Waals surface area contributed by atoms with Crippen LogP contribution in [0.3, 0.4) is 0 Å². The van der Waals surface area contributed by atoms with Crippen molar-refractivity contribution in [2.75, 3.05) is 37.3 Å². The van der Waals surface area contributed by atoms with Crippen LogP contribution in [-0.4, -0.2) is 43.2 Å². The number of hydrogen-bond acceptors (Lipinski definition) is 4. The average Bonchev–Trinajstić information content (AvgIpc) is 2.39. The lowest BCUT2D eigenvalue weighted by molar-refractivity contribution is -0.117. The second-order valence-corrected chi connectivity index (χ2v) is 4.90. The van der Waals surface area contributed by atoms with Crippen LogP contribution in [0.15, 0.2) is 24.3 Å². The summed E-state index contributed by atoms with van der Waals surface area (Å²) in [4.78, 5) is 14.1. The molecular weight excluding hydrogens is 242 g/mol. The molecule has 2 rings (SSSR count). The van der Waals surface area contributed by atoms with Crippen LogP contribution in [0.4, 0.5) is 11.4 Å². The molecule has 5 nitrogen and oxygen atoms in total. The minimum Gasteiger partial charge on any atom is -0.399 e. The van der Waals surface area contributed by atoms with Crippen molar-refractivity contribution >= 4 is 17.3 Å². The summed E-state index contributed by atoms with van der Waals surface area (Å²) in [7, 11) is 0. The molecule has 0 aromatic heterocycles. The molecule has 5 heteroatoms. The smallest absolute Gasteiger partial charge is 0.225 e. The number of nitrogens with two attached hydrogens (primary N) is 1. The predicted octanol–water partition coefficient (Wildman–Crippen LogP) is 1.32. The molecule has 104 valence electrons. The average molecular weight is 263 g/mol. The fourth-order valence-corrected chi connectivity index (χ4v) is 2.14. The van der Waals surface area contributed by atoms with Crippen LogP contribution in [0.25, 0.3) is 0 Å². The highest BCUT2D eigenvalue weighted by atomic mass is 16.5. The molecule has 0 bridgehead atoms. The number of morpholine rings is 1. The molecule has 0 aliphatic carbocycles. The van der Waals surface area contributed by atoms with Gasteiger partial charge in [-0.25, -0.2) is 0 Å². The van der Waals surface area contributed by atoms with E-state index >= 15 is 0 Å². The SMILES string of the molecule is CC1CN(CCC(=O)Nc2ccc(N)cc2)CCO1. The lowest BCUT2D eigenvalue weighted by Gasteiger charge is -2.30. The summed E-state index contributed by atoms with van der Waals surface area (Å²) in [5.41, 5.74) is 7.08. The fraction of sp³-hybridized carbons (Fsp3) is 0.500. The number of ether oxygens (including phenoxy) is 1. The van der Waals surface area contributed by atoms with E-state index in [1.807, 2.05) is 12.1 Å². The number of nitrogens with zero attached hydrogens (tertiary/aromatic N) is 1. The quantitative estimate of drug-likeness (QED) is 0.804. The molecule has 19 heavy (non-hydrogen) atoms. The molecule has 1 aliphatic rings. The van der Waals surface area contributed by atoms with Crippen molar-refractivity contribution < 1.29 is 9.53 Å². The zero-order chi connectivity index (χ0) is 13.7. The van der Waals surface area contributed by atoms with E-state index in [2.05, 4.69) is 17.1 Å². The monoisotopic (exact) mass is 263 g/mol. The summed E-state index contributed by atoms with van der Waals surface area (Å²) in [5, 5.41) is 2.87.